The van der Waals surface area contributed by atoms with Gasteiger partial charge in [-0.15, -0.1) is 0 Å². The molecule has 9 heteroatoms. The highest BCUT2D eigenvalue weighted by atomic mass is 35.5. The average molecular weight is 545 g/mol. The Morgan fingerprint density at radius 2 is 1.54 bits per heavy atom. The fourth-order valence-corrected chi connectivity index (χ4v) is 4.25. The minimum atomic E-state index is -0.749. The maximum Gasteiger partial charge on any atom is 0.242 e. The highest BCUT2D eigenvalue weighted by Crippen LogP contribution is 2.28. The summed E-state index contributed by atoms with van der Waals surface area (Å²) in [6.07, 6.45) is 0.0805. The van der Waals surface area contributed by atoms with Crippen molar-refractivity contribution >= 4 is 35.0 Å². The first kappa shape index (κ1) is 28.2. The predicted molar refractivity (Wildman–Crippen MR) is 145 cm³/mol. The second kappa shape index (κ2) is 13.2. The summed E-state index contributed by atoms with van der Waals surface area (Å²) in [6, 6.07) is 17.0. The van der Waals surface area contributed by atoms with Crippen LogP contribution in [-0.2, 0) is 29.1 Å². The van der Waals surface area contributed by atoms with E-state index in [4.69, 9.17) is 37.4 Å². The molecule has 7 nitrogen and oxygen atoms in total. The molecule has 3 rings (SSSR count). The smallest absolute Gasteiger partial charge is 0.242 e. The van der Waals surface area contributed by atoms with Gasteiger partial charge in [0.15, 0.2) is 11.5 Å². The van der Waals surface area contributed by atoms with Crippen molar-refractivity contribution in [2.75, 3.05) is 21.3 Å². The van der Waals surface area contributed by atoms with E-state index in [1.54, 1.807) is 69.6 Å². The van der Waals surface area contributed by atoms with Gasteiger partial charge in [0.05, 0.1) is 27.8 Å². The van der Waals surface area contributed by atoms with Crippen molar-refractivity contribution in [2.24, 2.45) is 0 Å². The normalized spacial score (nSPS) is 11.4. The third-order valence-corrected chi connectivity index (χ3v) is 6.54. The van der Waals surface area contributed by atoms with E-state index >= 15 is 0 Å². The zero-order chi connectivity index (χ0) is 26.9. The van der Waals surface area contributed by atoms with E-state index in [-0.39, 0.29) is 31.3 Å². The van der Waals surface area contributed by atoms with Gasteiger partial charge in [0.2, 0.25) is 11.8 Å². The van der Waals surface area contributed by atoms with Gasteiger partial charge in [-0.1, -0.05) is 47.5 Å². The molecular formula is C28H30Cl2N2O5. The molecule has 0 saturated carbocycles. The van der Waals surface area contributed by atoms with Gasteiger partial charge in [-0.3, -0.25) is 9.59 Å². The summed E-state index contributed by atoms with van der Waals surface area (Å²) in [6.45, 7) is 2.15. The Bertz CT molecular complexity index is 1230. The molecule has 37 heavy (non-hydrogen) atoms. The number of nitrogens with one attached hydrogen (secondary N) is 1. The first-order valence-electron chi connectivity index (χ1n) is 11.6. The molecule has 0 unspecified atom stereocenters. The van der Waals surface area contributed by atoms with E-state index in [1.165, 1.54) is 0 Å². The quantitative estimate of drug-likeness (QED) is 0.354. The zero-order valence-corrected chi connectivity index (χ0v) is 22.7. The van der Waals surface area contributed by atoms with E-state index < -0.39 is 6.04 Å². The largest absolute Gasteiger partial charge is 0.497 e. The van der Waals surface area contributed by atoms with Gasteiger partial charge in [0, 0.05) is 23.1 Å². The fourth-order valence-electron chi connectivity index (χ4n) is 3.77. The van der Waals surface area contributed by atoms with Crippen LogP contribution in [0.3, 0.4) is 0 Å². The van der Waals surface area contributed by atoms with Crippen LogP contribution in [0, 0.1) is 0 Å². The summed E-state index contributed by atoms with van der Waals surface area (Å²) < 4.78 is 15.9. The van der Waals surface area contributed by atoms with Crippen molar-refractivity contribution in [2.45, 2.75) is 32.5 Å². The van der Waals surface area contributed by atoms with Crippen LogP contribution in [0.15, 0.2) is 60.7 Å². The van der Waals surface area contributed by atoms with Gasteiger partial charge < -0.3 is 24.4 Å². The van der Waals surface area contributed by atoms with Crippen LogP contribution < -0.4 is 19.5 Å². The summed E-state index contributed by atoms with van der Waals surface area (Å²) in [7, 11) is 4.68. The summed E-state index contributed by atoms with van der Waals surface area (Å²) in [5, 5.41) is 3.85. The number of nitrogens with zero attached hydrogens (tertiary/aromatic N) is 1. The van der Waals surface area contributed by atoms with Crippen LogP contribution in [0.1, 0.15) is 23.6 Å². The third-order valence-electron chi connectivity index (χ3n) is 5.95. The Morgan fingerprint density at radius 1 is 0.865 bits per heavy atom. The van der Waals surface area contributed by atoms with Crippen molar-refractivity contribution in [3.63, 3.8) is 0 Å². The van der Waals surface area contributed by atoms with Gasteiger partial charge in [-0.2, -0.15) is 0 Å². The molecule has 3 aromatic rings. The van der Waals surface area contributed by atoms with E-state index in [0.29, 0.717) is 27.3 Å². The number of amides is 2. The van der Waals surface area contributed by atoms with Crippen molar-refractivity contribution in [1.82, 2.24) is 10.2 Å². The van der Waals surface area contributed by atoms with Crippen LogP contribution in [0.5, 0.6) is 17.2 Å². The van der Waals surface area contributed by atoms with Crippen molar-refractivity contribution in [1.29, 1.82) is 0 Å². The fraction of sp³-hybridized carbons (Fsp3) is 0.286. The molecule has 1 N–H and O–H groups in total. The molecule has 2 amide bonds. The SMILES string of the molecule is COc1ccc(CN(C(=O)Cc2ccc(OC)c(OC)c2)[C@@H](C)C(=O)NCc2ccc(Cl)cc2Cl)cc1. The first-order chi connectivity index (χ1) is 17.7. The molecule has 0 aliphatic carbocycles. The monoisotopic (exact) mass is 544 g/mol. The second-order valence-electron chi connectivity index (χ2n) is 8.37. The molecule has 0 saturated heterocycles. The Balaban J connectivity index is 1.80. The molecule has 0 heterocycles. The predicted octanol–water partition coefficient (Wildman–Crippen LogP) is 5.30. The number of halogens is 2. The Hall–Kier alpha value is -3.42. The zero-order valence-electron chi connectivity index (χ0n) is 21.2. The number of hydrogen-bond acceptors (Lipinski definition) is 5. The summed E-state index contributed by atoms with van der Waals surface area (Å²) >= 11 is 12.2. The molecule has 196 valence electrons. The number of hydrogen-bond donors (Lipinski definition) is 1. The van der Waals surface area contributed by atoms with Crippen LogP contribution in [0.25, 0.3) is 0 Å². The number of rotatable bonds is 11. The Labute approximate surface area is 227 Å². The molecule has 0 radical (unpaired) electrons. The van der Waals surface area contributed by atoms with E-state index in [9.17, 15) is 9.59 Å². The van der Waals surface area contributed by atoms with Crippen molar-refractivity contribution < 1.29 is 23.8 Å². The minimum absolute atomic E-state index is 0.0805. The highest BCUT2D eigenvalue weighted by Gasteiger charge is 2.26. The van der Waals surface area contributed by atoms with Gasteiger partial charge >= 0.3 is 0 Å². The van der Waals surface area contributed by atoms with Crippen LogP contribution in [-0.4, -0.2) is 44.1 Å². The van der Waals surface area contributed by atoms with Gasteiger partial charge in [-0.25, -0.2) is 0 Å². The van der Waals surface area contributed by atoms with Crippen molar-refractivity contribution in [3.8, 4) is 17.2 Å². The first-order valence-corrected chi connectivity index (χ1v) is 12.4. The molecule has 1 atom stereocenters. The maximum atomic E-state index is 13.5. The number of ether oxygens (including phenoxy) is 3. The Morgan fingerprint density at radius 3 is 2.16 bits per heavy atom. The lowest BCUT2D eigenvalue weighted by Gasteiger charge is -2.29. The van der Waals surface area contributed by atoms with E-state index in [0.717, 1.165) is 16.7 Å². The molecule has 0 aromatic heterocycles. The molecule has 3 aromatic carbocycles. The van der Waals surface area contributed by atoms with Crippen LogP contribution >= 0.6 is 23.2 Å². The summed E-state index contributed by atoms with van der Waals surface area (Å²) in [4.78, 5) is 28.2. The summed E-state index contributed by atoms with van der Waals surface area (Å²) in [5.74, 6) is 1.29. The number of carbonyl (C=O) groups is 2. The topological polar surface area (TPSA) is 77.1 Å². The van der Waals surface area contributed by atoms with Crippen molar-refractivity contribution in [3.05, 3.63) is 87.4 Å². The van der Waals surface area contributed by atoms with Gasteiger partial charge in [0.1, 0.15) is 11.8 Å². The number of methoxy groups -OCH3 is 3. The molecule has 0 spiro atoms. The molecular weight excluding hydrogens is 515 g/mol. The van der Waals surface area contributed by atoms with Gasteiger partial charge in [-0.05, 0) is 60.0 Å². The highest BCUT2D eigenvalue weighted by molar-refractivity contribution is 6.35. The lowest BCUT2D eigenvalue weighted by Crippen LogP contribution is -2.48. The maximum absolute atomic E-state index is 13.5. The van der Waals surface area contributed by atoms with E-state index in [1.807, 2.05) is 24.3 Å². The number of benzene rings is 3. The van der Waals surface area contributed by atoms with Gasteiger partial charge in [0.25, 0.3) is 0 Å². The minimum Gasteiger partial charge on any atom is -0.497 e. The third kappa shape index (κ3) is 7.54. The molecule has 0 fully saturated rings. The lowest BCUT2D eigenvalue weighted by atomic mass is 10.1. The Kier molecular flexibility index (Phi) is 10.1. The van der Waals surface area contributed by atoms with Crippen LogP contribution in [0.2, 0.25) is 10.0 Å². The molecule has 0 aliphatic heterocycles. The average Bonchev–Trinajstić information content (AvgIpc) is 2.90. The summed E-state index contributed by atoms with van der Waals surface area (Å²) in [5.41, 5.74) is 2.33. The second-order valence-corrected chi connectivity index (χ2v) is 9.21. The number of carbonyl (C=O) groups excluding carboxylic acids is 2. The van der Waals surface area contributed by atoms with Crippen LogP contribution in [0.4, 0.5) is 0 Å². The van der Waals surface area contributed by atoms with E-state index in [2.05, 4.69) is 5.32 Å². The lowest BCUT2D eigenvalue weighted by molar-refractivity contribution is -0.140. The standard InChI is InChI=1S/C28H30Cl2N2O5/c1-18(28(34)31-16-21-8-9-22(29)15-24(21)30)32(17-19-5-10-23(35-2)11-6-19)27(33)14-20-7-12-25(36-3)26(13-20)37-4/h5-13,15,18H,14,16-17H2,1-4H3,(H,31,34)/t18-/m0/s1. The molecule has 0 aliphatic rings. The molecule has 0 bridgehead atoms.